The zero-order valence-electron chi connectivity index (χ0n) is 10.2. The summed E-state index contributed by atoms with van der Waals surface area (Å²) in [6.07, 6.45) is 1.83. The van der Waals surface area contributed by atoms with Crippen molar-refractivity contribution in [3.63, 3.8) is 0 Å². The normalized spacial score (nSPS) is 10.5. The van der Waals surface area contributed by atoms with Crippen molar-refractivity contribution in [2.75, 3.05) is 26.3 Å². The number of unbranched alkanes of at least 4 members (excludes halogenated alkanes) is 1. The minimum atomic E-state index is 0.261. The maximum absolute atomic E-state index is 8.61. The topological polar surface area (TPSA) is 41.5 Å². The van der Waals surface area contributed by atoms with Gasteiger partial charge in [-0.25, -0.2) is 0 Å². The summed E-state index contributed by atoms with van der Waals surface area (Å²) in [7, 11) is 0. The first kappa shape index (κ1) is 14.3. The number of rotatable bonds is 8. The largest absolute Gasteiger partial charge is 0.490 e. The lowest BCUT2D eigenvalue weighted by atomic mass is 10.2. The number of nitrogens with one attached hydrogen (secondary N) is 1. The molecule has 0 atom stereocenters. The van der Waals surface area contributed by atoms with E-state index in [-0.39, 0.29) is 6.61 Å². The van der Waals surface area contributed by atoms with Crippen LogP contribution in [0.4, 0.5) is 0 Å². The maximum Gasteiger partial charge on any atom is 0.140 e. The number of aliphatic hydroxyl groups excluding tert-OH is 1. The Morgan fingerprint density at radius 2 is 2.12 bits per heavy atom. The number of aliphatic hydroxyl groups is 1. The lowest BCUT2D eigenvalue weighted by Crippen LogP contribution is -2.22. The Balaban J connectivity index is 2.18. The van der Waals surface area contributed by atoms with Gasteiger partial charge in [0.05, 0.1) is 5.02 Å². The third-order valence-electron chi connectivity index (χ3n) is 2.45. The molecule has 0 saturated carbocycles. The minimum absolute atomic E-state index is 0.261. The van der Waals surface area contributed by atoms with Crippen molar-refractivity contribution in [2.24, 2.45) is 0 Å². The summed E-state index contributed by atoms with van der Waals surface area (Å²) in [6.45, 7) is 4.54. The van der Waals surface area contributed by atoms with E-state index in [9.17, 15) is 0 Å². The van der Waals surface area contributed by atoms with Crippen LogP contribution in [0.2, 0.25) is 5.02 Å². The molecule has 0 heterocycles. The van der Waals surface area contributed by atoms with E-state index < -0.39 is 0 Å². The summed E-state index contributed by atoms with van der Waals surface area (Å²) in [5, 5.41) is 12.5. The van der Waals surface area contributed by atoms with Crippen molar-refractivity contribution >= 4 is 11.6 Å². The molecule has 0 aliphatic carbocycles. The molecule has 96 valence electrons. The number of ether oxygens (including phenoxy) is 1. The Kier molecular flexibility index (Phi) is 7.01. The van der Waals surface area contributed by atoms with Crippen molar-refractivity contribution in [3.8, 4) is 5.75 Å². The second-order valence-electron chi connectivity index (χ2n) is 3.92. The predicted molar refractivity (Wildman–Crippen MR) is 70.9 cm³/mol. The van der Waals surface area contributed by atoms with E-state index in [1.165, 1.54) is 0 Å². The van der Waals surface area contributed by atoms with Gasteiger partial charge in [-0.15, -0.1) is 0 Å². The van der Waals surface area contributed by atoms with Crippen LogP contribution in [0, 0.1) is 6.92 Å². The zero-order chi connectivity index (χ0) is 12.5. The van der Waals surface area contributed by atoms with E-state index >= 15 is 0 Å². The molecule has 3 nitrogen and oxygen atoms in total. The molecule has 0 amide bonds. The Bertz CT molecular complexity index is 311. The lowest BCUT2D eigenvalue weighted by Gasteiger charge is -2.11. The summed E-state index contributed by atoms with van der Waals surface area (Å²) in [6, 6.07) is 5.73. The molecule has 4 heteroatoms. The first-order valence-corrected chi connectivity index (χ1v) is 6.33. The molecule has 17 heavy (non-hydrogen) atoms. The highest BCUT2D eigenvalue weighted by Gasteiger charge is 2.03. The molecule has 2 N–H and O–H groups in total. The smallest absolute Gasteiger partial charge is 0.140 e. The summed E-state index contributed by atoms with van der Waals surface area (Å²) < 4.78 is 5.63. The SMILES string of the molecule is Cc1cccc(Cl)c1OCCNCCCCO. The summed E-state index contributed by atoms with van der Waals surface area (Å²) in [4.78, 5) is 0. The first-order valence-electron chi connectivity index (χ1n) is 5.95. The highest BCUT2D eigenvalue weighted by Crippen LogP contribution is 2.27. The average molecular weight is 258 g/mol. The van der Waals surface area contributed by atoms with Gasteiger partial charge in [-0.2, -0.15) is 0 Å². The number of aryl methyl sites for hydroxylation is 1. The highest BCUT2D eigenvalue weighted by atomic mass is 35.5. The molecule has 0 radical (unpaired) electrons. The summed E-state index contributed by atoms with van der Waals surface area (Å²) in [5.74, 6) is 0.770. The molecule has 1 rings (SSSR count). The standard InChI is InChI=1S/C13H20ClNO2/c1-11-5-4-6-12(14)13(11)17-10-8-15-7-2-3-9-16/h4-6,15-16H,2-3,7-10H2,1H3. The van der Waals surface area contributed by atoms with Gasteiger partial charge in [0, 0.05) is 13.2 Å². The van der Waals surface area contributed by atoms with Gasteiger partial charge >= 0.3 is 0 Å². The molecule has 1 aromatic carbocycles. The quantitative estimate of drug-likeness (QED) is 0.703. The van der Waals surface area contributed by atoms with Crippen LogP contribution in [0.3, 0.4) is 0 Å². The summed E-state index contributed by atoms with van der Waals surface area (Å²) >= 11 is 6.04. The molecule has 0 aromatic heterocycles. The van der Waals surface area contributed by atoms with E-state index in [1.807, 2.05) is 25.1 Å². The van der Waals surface area contributed by atoms with Crippen molar-refractivity contribution in [2.45, 2.75) is 19.8 Å². The second kappa shape index (κ2) is 8.34. The van der Waals surface area contributed by atoms with Crippen LogP contribution in [0.5, 0.6) is 5.75 Å². The fourth-order valence-electron chi connectivity index (χ4n) is 1.51. The van der Waals surface area contributed by atoms with E-state index in [4.69, 9.17) is 21.4 Å². The molecule has 0 bridgehead atoms. The molecule has 0 aliphatic rings. The van der Waals surface area contributed by atoms with Gasteiger partial charge in [0.15, 0.2) is 0 Å². The van der Waals surface area contributed by atoms with Gasteiger partial charge in [-0.3, -0.25) is 0 Å². The van der Waals surface area contributed by atoms with Crippen molar-refractivity contribution in [1.29, 1.82) is 0 Å². The molecular formula is C13H20ClNO2. The highest BCUT2D eigenvalue weighted by molar-refractivity contribution is 6.32. The van der Waals surface area contributed by atoms with Gasteiger partial charge in [-0.05, 0) is 37.9 Å². The molecule has 0 saturated heterocycles. The number of hydrogen-bond acceptors (Lipinski definition) is 3. The average Bonchev–Trinajstić information content (AvgIpc) is 2.31. The summed E-state index contributed by atoms with van der Waals surface area (Å²) in [5.41, 5.74) is 1.05. The van der Waals surface area contributed by atoms with E-state index in [1.54, 1.807) is 0 Å². The van der Waals surface area contributed by atoms with Crippen molar-refractivity contribution < 1.29 is 9.84 Å². The molecule has 0 spiro atoms. The van der Waals surface area contributed by atoms with Crippen LogP contribution in [0.25, 0.3) is 0 Å². The third-order valence-corrected chi connectivity index (χ3v) is 2.75. The molecule has 1 aromatic rings. The fourth-order valence-corrected chi connectivity index (χ4v) is 1.79. The fraction of sp³-hybridized carbons (Fsp3) is 0.538. The van der Waals surface area contributed by atoms with Crippen LogP contribution in [0.15, 0.2) is 18.2 Å². The Hall–Kier alpha value is -0.770. The van der Waals surface area contributed by atoms with Crippen LogP contribution in [-0.4, -0.2) is 31.4 Å². The predicted octanol–water partition coefficient (Wildman–Crippen LogP) is 2.39. The van der Waals surface area contributed by atoms with Crippen LogP contribution >= 0.6 is 11.6 Å². The molecular weight excluding hydrogens is 238 g/mol. The van der Waals surface area contributed by atoms with Gasteiger partial charge in [0.25, 0.3) is 0 Å². The van der Waals surface area contributed by atoms with Crippen LogP contribution in [0.1, 0.15) is 18.4 Å². The number of para-hydroxylation sites is 1. The van der Waals surface area contributed by atoms with E-state index in [2.05, 4.69) is 5.32 Å². The van der Waals surface area contributed by atoms with Gasteiger partial charge < -0.3 is 15.2 Å². The first-order chi connectivity index (χ1) is 8.25. The molecule has 0 aliphatic heterocycles. The lowest BCUT2D eigenvalue weighted by molar-refractivity contribution is 0.280. The van der Waals surface area contributed by atoms with Crippen LogP contribution in [-0.2, 0) is 0 Å². The Morgan fingerprint density at radius 1 is 1.29 bits per heavy atom. The molecule has 0 unspecified atom stereocenters. The Morgan fingerprint density at radius 3 is 2.82 bits per heavy atom. The minimum Gasteiger partial charge on any atom is -0.490 e. The Labute approximate surface area is 108 Å². The van der Waals surface area contributed by atoms with Crippen LogP contribution < -0.4 is 10.1 Å². The number of halogens is 1. The zero-order valence-corrected chi connectivity index (χ0v) is 11.0. The second-order valence-corrected chi connectivity index (χ2v) is 4.32. The number of benzene rings is 1. The van der Waals surface area contributed by atoms with Gasteiger partial charge in [0.1, 0.15) is 12.4 Å². The number of hydrogen-bond donors (Lipinski definition) is 2. The van der Waals surface area contributed by atoms with Crippen molar-refractivity contribution in [3.05, 3.63) is 28.8 Å². The van der Waals surface area contributed by atoms with E-state index in [0.717, 1.165) is 37.2 Å². The van der Waals surface area contributed by atoms with Gasteiger partial charge in [0.2, 0.25) is 0 Å². The third kappa shape index (κ3) is 5.39. The van der Waals surface area contributed by atoms with E-state index in [0.29, 0.717) is 11.6 Å². The maximum atomic E-state index is 8.61. The monoisotopic (exact) mass is 257 g/mol. The molecule has 0 fully saturated rings. The van der Waals surface area contributed by atoms with Crippen molar-refractivity contribution in [1.82, 2.24) is 5.32 Å². The van der Waals surface area contributed by atoms with Gasteiger partial charge in [-0.1, -0.05) is 23.7 Å².